The molecule has 1 heterocycles. The third-order valence-electron chi connectivity index (χ3n) is 7.00. The van der Waals surface area contributed by atoms with Gasteiger partial charge in [0.05, 0.1) is 17.0 Å². The molecule has 1 aliphatic carbocycles. The number of carbonyl (C=O) groups excluding carboxylic acids is 1. The van der Waals surface area contributed by atoms with Gasteiger partial charge in [-0.25, -0.2) is 8.42 Å². The number of hydrogen-bond donors (Lipinski definition) is 1. The minimum Gasteiger partial charge on any atom is -0.361 e. The Morgan fingerprint density at radius 3 is 2.30 bits per heavy atom. The quantitative estimate of drug-likeness (QED) is 0.237. The SMILES string of the molecule is O=C(CN(C1CC1)S(=O)(=O)c1ccc(Cl)cc1)N(CCc1c[nH]c2ccccc12)Cc1ccc(C(F)(F)F)cc1. The van der Waals surface area contributed by atoms with E-state index in [1.165, 1.54) is 45.6 Å². The largest absolute Gasteiger partial charge is 0.416 e. The summed E-state index contributed by atoms with van der Waals surface area (Å²) < 4.78 is 67.4. The number of H-pyrrole nitrogens is 1. The molecule has 6 nitrogen and oxygen atoms in total. The summed E-state index contributed by atoms with van der Waals surface area (Å²) in [5, 5.41) is 1.40. The predicted molar refractivity (Wildman–Crippen MR) is 147 cm³/mol. The first-order chi connectivity index (χ1) is 19.0. The Kier molecular flexibility index (Phi) is 7.94. The fraction of sp³-hybridized carbons (Fsp3) is 0.276. The second-order valence-electron chi connectivity index (χ2n) is 9.85. The van der Waals surface area contributed by atoms with Gasteiger partial charge in [0.2, 0.25) is 15.9 Å². The molecule has 0 radical (unpaired) electrons. The van der Waals surface area contributed by atoms with E-state index in [0.29, 0.717) is 29.8 Å². The van der Waals surface area contributed by atoms with Crippen LogP contribution in [0.5, 0.6) is 0 Å². The maximum absolute atomic E-state index is 13.7. The first-order valence-electron chi connectivity index (χ1n) is 12.8. The number of sulfonamides is 1. The van der Waals surface area contributed by atoms with Crippen LogP contribution < -0.4 is 0 Å². The van der Waals surface area contributed by atoms with Gasteiger partial charge >= 0.3 is 6.18 Å². The zero-order valence-corrected chi connectivity index (χ0v) is 22.9. The van der Waals surface area contributed by atoms with Crippen molar-refractivity contribution in [1.82, 2.24) is 14.2 Å². The molecule has 0 saturated heterocycles. The number of halogens is 4. The van der Waals surface area contributed by atoms with Gasteiger partial charge in [0, 0.05) is 41.3 Å². The first-order valence-corrected chi connectivity index (χ1v) is 14.6. The smallest absolute Gasteiger partial charge is 0.361 e. The Labute approximate surface area is 235 Å². The maximum Gasteiger partial charge on any atom is 0.416 e. The molecule has 1 aromatic heterocycles. The minimum atomic E-state index is -4.47. The third kappa shape index (κ3) is 6.35. The van der Waals surface area contributed by atoms with Crippen molar-refractivity contribution < 1.29 is 26.4 Å². The average Bonchev–Trinajstić information content (AvgIpc) is 3.68. The van der Waals surface area contributed by atoms with Gasteiger partial charge < -0.3 is 9.88 Å². The summed E-state index contributed by atoms with van der Waals surface area (Å²) >= 11 is 5.93. The molecule has 11 heteroatoms. The van der Waals surface area contributed by atoms with Crippen molar-refractivity contribution in [2.45, 2.75) is 42.9 Å². The van der Waals surface area contributed by atoms with Gasteiger partial charge in [-0.1, -0.05) is 41.9 Å². The van der Waals surface area contributed by atoms with Gasteiger partial charge in [-0.3, -0.25) is 4.79 Å². The average molecular weight is 590 g/mol. The van der Waals surface area contributed by atoms with E-state index in [0.717, 1.165) is 28.6 Å². The van der Waals surface area contributed by atoms with E-state index >= 15 is 0 Å². The highest BCUT2D eigenvalue weighted by atomic mass is 35.5. The number of para-hydroxylation sites is 1. The van der Waals surface area contributed by atoms with E-state index in [2.05, 4.69) is 4.98 Å². The van der Waals surface area contributed by atoms with Crippen molar-refractivity contribution in [2.75, 3.05) is 13.1 Å². The van der Waals surface area contributed by atoms with E-state index in [9.17, 15) is 26.4 Å². The zero-order chi connectivity index (χ0) is 28.5. The fourth-order valence-corrected chi connectivity index (χ4v) is 6.41. The van der Waals surface area contributed by atoms with Crippen LogP contribution in [0.25, 0.3) is 10.9 Å². The van der Waals surface area contributed by atoms with Gasteiger partial charge in [0.25, 0.3) is 0 Å². The second-order valence-corrected chi connectivity index (χ2v) is 12.2. The third-order valence-corrected chi connectivity index (χ3v) is 9.16. The molecule has 0 spiro atoms. The second kappa shape index (κ2) is 11.3. The van der Waals surface area contributed by atoms with E-state index in [1.54, 1.807) is 0 Å². The van der Waals surface area contributed by atoms with Gasteiger partial charge in [-0.15, -0.1) is 0 Å². The van der Waals surface area contributed by atoms with E-state index in [4.69, 9.17) is 11.6 Å². The lowest BCUT2D eigenvalue weighted by atomic mass is 10.1. The molecule has 0 bridgehead atoms. The molecule has 5 rings (SSSR count). The maximum atomic E-state index is 13.7. The van der Waals surface area contributed by atoms with Crippen LogP contribution in [-0.4, -0.2) is 47.6 Å². The van der Waals surface area contributed by atoms with Gasteiger partial charge in [-0.2, -0.15) is 17.5 Å². The summed E-state index contributed by atoms with van der Waals surface area (Å²) in [6.45, 7) is -0.0792. The Morgan fingerprint density at radius 2 is 1.65 bits per heavy atom. The van der Waals surface area contributed by atoms with E-state index in [-0.39, 0.29) is 30.6 Å². The molecule has 1 fully saturated rings. The van der Waals surface area contributed by atoms with Crippen molar-refractivity contribution in [3.63, 3.8) is 0 Å². The van der Waals surface area contributed by atoms with Crippen molar-refractivity contribution in [3.8, 4) is 0 Å². The predicted octanol–water partition coefficient (Wildman–Crippen LogP) is 6.26. The highest BCUT2D eigenvalue weighted by molar-refractivity contribution is 7.89. The summed E-state index contributed by atoms with van der Waals surface area (Å²) in [5.74, 6) is -0.427. The van der Waals surface area contributed by atoms with Crippen LogP contribution in [0, 0.1) is 0 Å². The number of nitrogens with one attached hydrogen (secondary N) is 1. The Bertz CT molecular complexity index is 1600. The van der Waals surface area contributed by atoms with Gasteiger partial charge in [-0.05, 0) is 72.9 Å². The number of aromatic nitrogens is 1. The fourth-order valence-electron chi connectivity index (χ4n) is 4.65. The molecule has 0 aliphatic heterocycles. The Morgan fingerprint density at radius 1 is 0.975 bits per heavy atom. The summed E-state index contributed by atoms with van der Waals surface area (Å²) in [6.07, 6.45) is -0.830. The number of carbonyl (C=O) groups is 1. The van der Waals surface area contributed by atoms with E-state index < -0.39 is 27.7 Å². The molecule has 1 N–H and O–H groups in total. The molecule has 40 heavy (non-hydrogen) atoms. The Hall–Kier alpha value is -3.34. The number of benzene rings is 3. The number of rotatable bonds is 10. The summed E-state index contributed by atoms with van der Waals surface area (Å²) in [6, 6.07) is 17.9. The van der Waals surface area contributed by atoms with Gasteiger partial charge in [0.1, 0.15) is 0 Å². The van der Waals surface area contributed by atoms with Crippen LogP contribution >= 0.6 is 11.6 Å². The van der Waals surface area contributed by atoms with Crippen molar-refractivity contribution >= 4 is 38.4 Å². The molecule has 4 aromatic rings. The number of fused-ring (bicyclic) bond motifs is 1. The normalized spacial score (nSPS) is 14.1. The molecule has 0 unspecified atom stereocenters. The van der Waals surface area contributed by atoms with Crippen molar-refractivity contribution in [2.24, 2.45) is 0 Å². The first kappa shape index (κ1) is 28.2. The molecule has 1 amide bonds. The summed E-state index contributed by atoms with van der Waals surface area (Å²) in [7, 11) is -3.97. The van der Waals surface area contributed by atoms with Crippen LogP contribution in [-0.2, 0) is 34.0 Å². The van der Waals surface area contributed by atoms with Crippen molar-refractivity contribution in [3.05, 3.63) is 101 Å². The number of amides is 1. The number of aromatic amines is 1. The molecule has 3 aromatic carbocycles. The molecule has 0 atom stereocenters. The zero-order valence-electron chi connectivity index (χ0n) is 21.4. The van der Waals surface area contributed by atoms with Gasteiger partial charge in [0.15, 0.2) is 0 Å². The lowest BCUT2D eigenvalue weighted by Gasteiger charge is -2.27. The van der Waals surface area contributed by atoms with Crippen LogP contribution in [0.1, 0.15) is 29.5 Å². The van der Waals surface area contributed by atoms with Crippen molar-refractivity contribution in [1.29, 1.82) is 0 Å². The monoisotopic (exact) mass is 589 g/mol. The van der Waals surface area contributed by atoms with E-state index in [1.807, 2.05) is 30.5 Å². The number of nitrogens with zero attached hydrogens (tertiary/aromatic N) is 2. The standard InChI is InChI=1S/C29H27ClF3N3O3S/c30-23-9-13-25(14-10-23)40(38,39)36(24-11-12-24)19-28(37)35(18-20-5-7-22(8-6-20)29(31,32)33)16-15-21-17-34-27-4-2-1-3-26(21)27/h1-10,13-14,17,24,34H,11-12,15-16,18-19H2. The molecule has 1 saturated carbocycles. The topological polar surface area (TPSA) is 73.5 Å². The summed E-state index contributed by atoms with van der Waals surface area (Å²) in [4.78, 5) is 18.4. The van der Waals surface area contributed by atoms with Crippen LogP contribution in [0.4, 0.5) is 13.2 Å². The number of alkyl halides is 3. The highest BCUT2D eigenvalue weighted by Gasteiger charge is 2.40. The molecule has 1 aliphatic rings. The number of hydrogen-bond acceptors (Lipinski definition) is 3. The molecular formula is C29H27ClF3N3O3S. The lowest BCUT2D eigenvalue weighted by molar-refractivity contribution is -0.137. The van der Waals surface area contributed by atoms with Crippen LogP contribution in [0.2, 0.25) is 5.02 Å². The van der Waals surface area contributed by atoms with Crippen LogP contribution in [0.15, 0.2) is 83.9 Å². The summed E-state index contributed by atoms with van der Waals surface area (Å²) in [5.41, 5.74) is 1.67. The lowest BCUT2D eigenvalue weighted by Crippen LogP contribution is -2.44. The highest BCUT2D eigenvalue weighted by Crippen LogP contribution is 2.33. The minimum absolute atomic E-state index is 0.0405. The Balaban J connectivity index is 1.39. The van der Waals surface area contributed by atoms with Crippen LogP contribution in [0.3, 0.4) is 0 Å². The molecule has 210 valence electrons. The molecular weight excluding hydrogens is 563 g/mol.